The van der Waals surface area contributed by atoms with Crippen LogP contribution in [0.5, 0.6) is 0 Å². The van der Waals surface area contributed by atoms with Crippen LogP contribution >= 0.6 is 0 Å². The van der Waals surface area contributed by atoms with E-state index in [1.165, 1.54) is 18.2 Å². The van der Waals surface area contributed by atoms with Crippen LogP contribution in [0.2, 0.25) is 0 Å². The second-order valence-corrected chi connectivity index (χ2v) is 5.84. The van der Waals surface area contributed by atoms with Gasteiger partial charge < -0.3 is 10.4 Å². The molecule has 1 aromatic carbocycles. The molecule has 0 aliphatic rings. The number of carbonyl (C=O) groups is 1. The molecule has 128 valence electrons. The van der Waals surface area contributed by atoms with E-state index in [0.29, 0.717) is 24.1 Å². The minimum Gasteiger partial charge on any atom is -0.393 e. The van der Waals surface area contributed by atoms with Crippen LogP contribution in [0.1, 0.15) is 38.3 Å². The van der Waals surface area contributed by atoms with Crippen molar-refractivity contribution in [1.82, 2.24) is 5.32 Å². The summed E-state index contributed by atoms with van der Waals surface area (Å²) in [7, 11) is 0. The van der Waals surface area contributed by atoms with Gasteiger partial charge in [0.1, 0.15) is 0 Å². The van der Waals surface area contributed by atoms with E-state index in [2.05, 4.69) is 5.32 Å². The van der Waals surface area contributed by atoms with Crippen LogP contribution in [0.3, 0.4) is 0 Å². The largest absolute Gasteiger partial charge is 0.416 e. The molecule has 0 aromatic heterocycles. The summed E-state index contributed by atoms with van der Waals surface area (Å²) in [5, 5.41) is 11.9. The number of carbonyl (C=O) groups excluding carboxylic acids is 1. The minimum absolute atomic E-state index is 0.112. The molecule has 0 heterocycles. The van der Waals surface area contributed by atoms with Crippen molar-refractivity contribution < 1.29 is 23.1 Å². The van der Waals surface area contributed by atoms with Crippen LogP contribution in [0.25, 0.3) is 5.57 Å². The first-order valence-electron chi connectivity index (χ1n) is 7.41. The van der Waals surface area contributed by atoms with E-state index in [4.69, 9.17) is 0 Å². The first-order valence-corrected chi connectivity index (χ1v) is 7.41. The first kappa shape index (κ1) is 19.2. The lowest BCUT2D eigenvalue weighted by atomic mass is 10.0. The average molecular weight is 329 g/mol. The number of hydrogen-bond acceptors (Lipinski definition) is 2. The van der Waals surface area contributed by atoms with Crippen molar-refractivity contribution in [3.63, 3.8) is 0 Å². The van der Waals surface area contributed by atoms with E-state index in [0.717, 1.165) is 12.1 Å². The lowest BCUT2D eigenvalue weighted by molar-refractivity contribution is -0.137. The zero-order chi connectivity index (χ0) is 17.6. The Balaban J connectivity index is 2.71. The molecule has 0 fully saturated rings. The summed E-state index contributed by atoms with van der Waals surface area (Å²) in [6.07, 6.45) is -3.00. The van der Waals surface area contributed by atoms with Crippen LogP contribution in [-0.2, 0) is 11.0 Å². The fraction of sp³-hybridized carbons (Fsp3) is 0.471. The molecule has 23 heavy (non-hydrogen) atoms. The van der Waals surface area contributed by atoms with Gasteiger partial charge in [0.25, 0.3) is 0 Å². The smallest absolute Gasteiger partial charge is 0.393 e. The molecular formula is C17H22F3NO2. The van der Waals surface area contributed by atoms with Gasteiger partial charge in [-0.15, -0.1) is 0 Å². The molecule has 2 unspecified atom stereocenters. The fourth-order valence-electron chi connectivity index (χ4n) is 2.21. The Bertz CT molecular complexity index is 565. The van der Waals surface area contributed by atoms with Crippen molar-refractivity contribution in [2.45, 2.75) is 39.5 Å². The third-order valence-corrected chi connectivity index (χ3v) is 3.36. The highest BCUT2D eigenvalue weighted by atomic mass is 19.4. The van der Waals surface area contributed by atoms with E-state index in [1.54, 1.807) is 13.8 Å². The average Bonchev–Trinajstić information content (AvgIpc) is 2.43. The van der Waals surface area contributed by atoms with Crippen molar-refractivity contribution >= 4 is 11.5 Å². The van der Waals surface area contributed by atoms with Gasteiger partial charge in [-0.25, -0.2) is 0 Å². The zero-order valence-corrected chi connectivity index (χ0v) is 13.4. The molecule has 0 aliphatic heterocycles. The van der Waals surface area contributed by atoms with Crippen molar-refractivity contribution in [1.29, 1.82) is 0 Å². The normalized spacial score (nSPS) is 15.2. The van der Waals surface area contributed by atoms with Crippen molar-refractivity contribution in [3.05, 3.63) is 41.5 Å². The third kappa shape index (κ3) is 6.86. The Morgan fingerprint density at radius 3 is 2.57 bits per heavy atom. The number of benzene rings is 1. The molecule has 0 bridgehead atoms. The monoisotopic (exact) mass is 329 g/mol. The van der Waals surface area contributed by atoms with Crippen LogP contribution in [0.15, 0.2) is 30.3 Å². The molecule has 2 N–H and O–H groups in total. The number of rotatable bonds is 6. The standard InChI is InChI=1S/C17H22F3NO2/c1-11(7-13(3)22)10-21-16(23)8-12(2)14-5-4-6-15(9-14)17(18,19)20/h4-6,8-9,11,13,22H,7,10H2,1-3H3,(H,21,23). The van der Waals surface area contributed by atoms with Gasteiger partial charge in [-0.2, -0.15) is 13.2 Å². The summed E-state index contributed by atoms with van der Waals surface area (Å²) in [6, 6.07) is 4.87. The van der Waals surface area contributed by atoms with Gasteiger partial charge in [0.2, 0.25) is 5.91 Å². The number of alkyl halides is 3. The maximum absolute atomic E-state index is 12.7. The topological polar surface area (TPSA) is 49.3 Å². The molecule has 6 heteroatoms. The van der Waals surface area contributed by atoms with Gasteiger partial charge in [-0.05, 0) is 49.5 Å². The Labute approximate surface area is 134 Å². The SMILES string of the molecule is CC(=CC(=O)NCC(C)CC(C)O)c1cccc(C(F)(F)F)c1. The number of aliphatic hydroxyl groups is 1. The summed E-state index contributed by atoms with van der Waals surface area (Å²) in [5.74, 6) is -0.251. The predicted molar refractivity (Wildman–Crippen MR) is 83.6 cm³/mol. The van der Waals surface area contributed by atoms with Crippen molar-refractivity contribution in [2.75, 3.05) is 6.54 Å². The highest BCUT2D eigenvalue weighted by molar-refractivity contribution is 5.94. The van der Waals surface area contributed by atoms with E-state index in [-0.39, 0.29) is 11.8 Å². The summed E-state index contributed by atoms with van der Waals surface area (Å²) in [5.41, 5.74) is 0.0671. The number of allylic oxidation sites excluding steroid dienone is 1. The van der Waals surface area contributed by atoms with Crippen molar-refractivity contribution in [2.24, 2.45) is 5.92 Å². The van der Waals surface area contributed by atoms with Gasteiger partial charge in [0.05, 0.1) is 11.7 Å². The van der Waals surface area contributed by atoms with Crippen LogP contribution in [0, 0.1) is 5.92 Å². The van der Waals surface area contributed by atoms with Crippen LogP contribution in [-0.4, -0.2) is 23.7 Å². The quantitative estimate of drug-likeness (QED) is 0.783. The number of amides is 1. The van der Waals surface area contributed by atoms with E-state index >= 15 is 0 Å². The van der Waals surface area contributed by atoms with Gasteiger partial charge >= 0.3 is 6.18 Å². The summed E-state index contributed by atoms with van der Waals surface area (Å²) in [6.45, 7) is 5.57. The lowest BCUT2D eigenvalue weighted by Gasteiger charge is -2.13. The summed E-state index contributed by atoms with van der Waals surface area (Å²) < 4.78 is 38.1. The number of aliphatic hydroxyl groups excluding tert-OH is 1. The Morgan fingerprint density at radius 2 is 2.00 bits per heavy atom. The molecule has 2 atom stereocenters. The molecule has 0 saturated carbocycles. The predicted octanol–water partition coefficient (Wildman–Crippen LogP) is 3.63. The number of halogens is 3. The van der Waals surface area contributed by atoms with E-state index < -0.39 is 17.8 Å². The molecule has 0 aliphatic carbocycles. The van der Waals surface area contributed by atoms with Crippen LogP contribution < -0.4 is 5.32 Å². The molecule has 1 rings (SSSR count). The Kier molecular flexibility index (Phi) is 6.81. The minimum atomic E-state index is -4.41. The maximum atomic E-state index is 12.7. The molecule has 3 nitrogen and oxygen atoms in total. The summed E-state index contributed by atoms with van der Waals surface area (Å²) in [4.78, 5) is 11.8. The van der Waals surface area contributed by atoms with Crippen LogP contribution in [0.4, 0.5) is 13.2 Å². The van der Waals surface area contributed by atoms with Gasteiger partial charge in [0.15, 0.2) is 0 Å². The van der Waals surface area contributed by atoms with Crippen molar-refractivity contribution in [3.8, 4) is 0 Å². The van der Waals surface area contributed by atoms with Gasteiger partial charge in [-0.3, -0.25) is 4.79 Å². The zero-order valence-electron chi connectivity index (χ0n) is 13.4. The van der Waals surface area contributed by atoms with E-state index in [1.807, 2.05) is 6.92 Å². The lowest BCUT2D eigenvalue weighted by Crippen LogP contribution is -2.28. The van der Waals surface area contributed by atoms with Gasteiger partial charge in [0, 0.05) is 12.6 Å². The van der Waals surface area contributed by atoms with E-state index in [9.17, 15) is 23.1 Å². The molecule has 0 spiro atoms. The third-order valence-electron chi connectivity index (χ3n) is 3.36. The Hall–Kier alpha value is -1.82. The second-order valence-electron chi connectivity index (χ2n) is 5.84. The maximum Gasteiger partial charge on any atom is 0.416 e. The number of nitrogens with one attached hydrogen (secondary N) is 1. The molecule has 1 amide bonds. The number of hydrogen-bond donors (Lipinski definition) is 2. The molecule has 0 saturated heterocycles. The second kappa shape index (κ2) is 8.15. The highest BCUT2D eigenvalue weighted by Crippen LogP contribution is 2.30. The highest BCUT2D eigenvalue weighted by Gasteiger charge is 2.30. The fourth-order valence-corrected chi connectivity index (χ4v) is 2.21. The molecular weight excluding hydrogens is 307 g/mol. The Morgan fingerprint density at radius 1 is 1.35 bits per heavy atom. The molecule has 1 aromatic rings. The van der Waals surface area contributed by atoms with Gasteiger partial charge in [-0.1, -0.05) is 19.1 Å². The molecule has 0 radical (unpaired) electrons. The summed E-state index contributed by atoms with van der Waals surface area (Å²) >= 11 is 0. The first-order chi connectivity index (χ1) is 10.6.